The first-order valence-corrected chi connectivity index (χ1v) is 13.2. The van der Waals surface area contributed by atoms with Gasteiger partial charge in [0.25, 0.3) is 0 Å². The number of carbonyl (C=O) groups is 3. The summed E-state index contributed by atoms with van der Waals surface area (Å²) in [7, 11) is 1.27. The number of nitrogens with zero attached hydrogens (tertiary/aromatic N) is 1. The molecule has 0 saturated carbocycles. The molecule has 3 N–H and O–H groups in total. The number of aryl methyl sites for hydroxylation is 1. The molecule has 10 nitrogen and oxygen atoms in total. The van der Waals surface area contributed by atoms with Crippen molar-refractivity contribution in [3.05, 3.63) is 61.0 Å². The lowest BCUT2D eigenvalue weighted by molar-refractivity contribution is -0.118. The largest absolute Gasteiger partial charge is 0.491 e. The summed E-state index contributed by atoms with van der Waals surface area (Å²) in [6, 6.07) is 6.45. The van der Waals surface area contributed by atoms with E-state index in [0.717, 1.165) is 12.1 Å². The molecule has 214 valence electrons. The van der Waals surface area contributed by atoms with Gasteiger partial charge in [-0.1, -0.05) is 25.1 Å². The maximum atomic E-state index is 12.9. The molecule has 1 aliphatic heterocycles. The molecule has 0 saturated heterocycles. The van der Waals surface area contributed by atoms with Crippen molar-refractivity contribution < 1.29 is 28.6 Å². The molecular formula is C30H38N4O6. The zero-order valence-electron chi connectivity index (χ0n) is 23.8. The van der Waals surface area contributed by atoms with Gasteiger partial charge in [-0.05, 0) is 58.2 Å². The van der Waals surface area contributed by atoms with Gasteiger partial charge in [0.05, 0.1) is 42.8 Å². The van der Waals surface area contributed by atoms with Crippen molar-refractivity contribution in [2.75, 3.05) is 24.4 Å². The van der Waals surface area contributed by atoms with Crippen molar-refractivity contribution in [3.63, 3.8) is 0 Å². The number of amides is 3. The molecule has 2 atom stereocenters. The Labute approximate surface area is 235 Å². The van der Waals surface area contributed by atoms with E-state index in [4.69, 9.17) is 19.2 Å². The second kappa shape index (κ2) is 13.1. The Kier molecular flexibility index (Phi) is 9.93. The van der Waals surface area contributed by atoms with Crippen LogP contribution in [0, 0.1) is 5.92 Å². The molecule has 0 aliphatic carbocycles. The average Bonchev–Trinajstić information content (AvgIpc) is 2.90. The van der Waals surface area contributed by atoms with E-state index in [-0.39, 0.29) is 5.91 Å². The van der Waals surface area contributed by atoms with Crippen LogP contribution in [-0.2, 0) is 20.7 Å². The first-order chi connectivity index (χ1) is 18.9. The summed E-state index contributed by atoms with van der Waals surface area (Å²) < 4.78 is 16.3. The SMILES string of the molecule is C=CC[C@H](NC(=O)OC(C)(C)C)c1cc(-c2ccc(NC(=O)OC)cc2NC(=O)[C@H](C)C=C)c2c(n1)CCCO2. The van der Waals surface area contributed by atoms with Gasteiger partial charge in [-0.3, -0.25) is 15.1 Å². The standard InChI is InChI=1S/C30H38N4O6/c1-8-11-22(34-29(37)40-30(4,5)6)25-17-21(26-23(32-25)12-10-15-39-26)20-14-13-19(31-28(36)38-7)16-24(20)33-27(35)18(3)9-2/h8-9,13-14,16-18,22H,1-2,10-12,15H2,3-7H3,(H,31,36)(H,33,35)(H,34,37)/t18-,22+/m1/s1. The minimum Gasteiger partial charge on any atom is -0.491 e. The average molecular weight is 551 g/mol. The van der Waals surface area contributed by atoms with Crippen molar-refractivity contribution in [2.45, 2.75) is 58.6 Å². The van der Waals surface area contributed by atoms with E-state index in [2.05, 4.69) is 29.1 Å². The molecule has 0 spiro atoms. The zero-order chi connectivity index (χ0) is 29.4. The number of fused-ring (bicyclic) bond motifs is 1. The molecule has 2 heterocycles. The number of hydrogen-bond acceptors (Lipinski definition) is 7. The van der Waals surface area contributed by atoms with Crippen LogP contribution >= 0.6 is 0 Å². The van der Waals surface area contributed by atoms with Crippen LogP contribution in [0.5, 0.6) is 5.75 Å². The van der Waals surface area contributed by atoms with E-state index in [1.807, 2.05) is 6.07 Å². The van der Waals surface area contributed by atoms with E-state index in [1.165, 1.54) is 7.11 Å². The molecule has 1 aromatic heterocycles. The fourth-order valence-corrected chi connectivity index (χ4v) is 4.08. The highest BCUT2D eigenvalue weighted by Gasteiger charge is 2.26. The predicted molar refractivity (Wildman–Crippen MR) is 154 cm³/mol. The Balaban J connectivity index is 2.15. The number of hydrogen-bond donors (Lipinski definition) is 3. The number of nitrogens with one attached hydrogen (secondary N) is 3. The van der Waals surface area contributed by atoms with Gasteiger partial charge in [0.2, 0.25) is 5.91 Å². The van der Waals surface area contributed by atoms with Crippen molar-refractivity contribution in [2.24, 2.45) is 5.92 Å². The van der Waals surface area contributed by atoms with Crippen LogP contribution in [0.15, 0.2) is 49.6 Å². The summed E-state index contributed by atoms with van der Waals surface area (Å²) in [5, 5.41) is 8.48. The number of benzene rings is 1. The fraction of sp³-hybridized carbons (Fsp3) is 0.400. The second-order valence-corrected chi connectivity index (χ2v) is 10.4. The third kappa shape index (κ3) is 7.84. The number of carbonyl (C=O) groups excluding carboxylic acids is 3. The Morgan fingerprint density at radius 1 is 1.12 bits per heavy atom. The van der Waals surface area contributed by atoms with Gasteiger partial charge in [0, 0.05) is 16.8 Å². The van der Waals surface area contributed by atoms with Crippen LogP contribution in [0.3, 0.4) is 0 Å². The topological polar surface area (TPSA) is 128 Å². The third-order valence-electron chi connectivity index (χ3n) is 6.08. The van der Waals surface area contributed by atoms with Crippen molar-refractivity contribution in [1.82, 2.24) is 10.3 Å². The molecular weight excluding hydrogens is 512 g/mol. The van der Waals surface area contributed by atoms with Gasteiger partial charge in [-0.25, -0.2) is 9.59 Å². The molecule has 1 aromatic carbocycles. The number of anilines is 2. The van der Waals surface area contributed by atoms with Gasteiger partial charge in [0.1, 0.15) is 11.4 Å². The third-order valence-corrected chi connectivity index (χ3v) is 6.08. The monoisotopic (exact) mass is 550 g/mol. The van der Waals surface area contributed by atoms with Crippen molar-refractivity contribution >= 4 is 29.5 Å². The van der Waals surface area contributed by atoms with Crippen LogP contribution in [0.2, 0.25) is 0 Å². The Bertz CT molecular complexity index is 1280. The van der Waals surface area contributed by atoms with E-state index in [0.29, 0.717) is 53.4 Å². The number of aromatic nitrogens is 1. The molecule has 2 aromatic rings. The molecule has 1 aliphatic rings. The minimum atomic E-state index is -0.666. The fourth-order valence-electron chi connectivity index (χ4n) is 4.08. The van der Waals surface area contributed by atoms with Crippen LogP contribution in [0.4, 0.5) is 21.0 Å². The summed E-state index contributed by atoms with van der Waals surface area (Å²) >= 11 is 0. The Morgan fingerprint density at radius 3 is 2.52 bits per heavy atom. The predicted octanol–water partition coefficient (Wildman–Crippen LogP) is 6.15. The van der Waals surface area contributed by atoms with E-state index in [1.54, 1.807) is 58.0 Å². The molecule has 40 heavy (non-hydrogen) atoms. The Hall–Kier alpha value is -4.34. The quantitative estimate of drug-likeness (QED) is 0.319. The molecule has 0 bridgehead atoms. The lowest BCUT2D eigenvalue weighted by atomic mass is 9.96. The van der Waals surface area contributed by atoms with Gasteiger partial charge in [-0.15, -0.1) is 13.2 Å². The maximum absolute atomic E-state index is 12.9. The lowest BCUT2D eigenvalue weighted by Gasteiger charge is -2.26. The first-order valence-electron chi connectivity index (χ1n) is 13.2. The van der Waals surface area contributed by atoms with Crippen LogP contribution in [0.1, 0.15) is 58.0 Å². The summed E-state index contributed by atoms with van der Waals surface area (Å²) in [4.78, 5) is 42.3. The highest BCUT2D eigenvalue weighted by atomic mass is 16.6. The molecule has 3 rings (SSSR count). The minimum absolute atomic E-state index is 0.272. The number of rotatable bonds is 9. The highest BCUT2D eigenvalue weighted by molar-refractivity contribution is 5.99. The van der Waals surface area contributed by atoms with Crippen LogP contribution < -0.4 is 20.7 Å². The van der Waals surface area contributed by atoms with Gasteiger partial charge < -0.3 is 24.8 Å². The van der Waals surface area contributed by atoms with Gasteiger partial charge in [0.15, 0.2) is 0 Å². The highest BCUT2D eigenvalue weighted by Crippen LogP contribution is 2.41. The van der Waals surface area contributed by atoms with Crippen LogP contribution in [-0.4, -0.2) is 42.4 Å². The smallest absolute Gasteiger partial charge is 0.411 e. The normalized spacial score (nSPS) is 13.9. The Morgan fingerprint density at radius 2 is 1.88 bits per heavy atom. The molecule has 3 amide bonds. The molecule has 0 fully saturated rings. The van der Waals surface area contributed by atoms with E-state index < -0.39 is 29.7 Å². The summed E-state index contributed by atoms with van der Waals surface area (Å²) in [5.41, 5.74) is 2.88. The summed E-state index contributed by atoms with van der Waals surface area (Å²) in [6.07, 6.45) is 3.92. The summed E-state index contributed by atoms with van der Waals surface area (Å²) in [6.45, 7) is 15.2. The summed E-state index contributed by atoms with van der Waals surface area (Å²) in [5.74, 6) is -0.129. The number of alkyl carbamates (subject to hydrolysis) is 1. The van der Waals surface area contributed by atoms with E-state index >= 15 is 0 Å². The maximum Gasteiger partial charge on any atom is 0.411 e. The van der Waals surface area contributed by atoms with Crippen molar-refractivity contribution in [3.8, 4) is 16.9 Å². The van der Waals surface area contributed by atoms with E-state index in [9.17, 15) is 14.4 Å². The number of methoxy groups -OCH3 is 1. The second-order valence-electron chi connectivity index (χ2n) is 10.4. The van der Waals surface area contributed by atoms with Gasteiger partial charge in [-0.2, -0.15) is 0 Å². The van der Waals surface area contributed by atoms with Crippen LogP contribution in [0.25, 0.3) is 11.1 Å². The molecule has 10 heteroatoms. The van der Waals surface area contributed by atoms with Gasteiger partial charge >= 0.3 is 12.2 Å². The molecule has 0 unspecified atom stereocenters. The zero-order valence-corrected chi connectivity index (χ0v) is 23.8. The van der Waals surface area contributed by atoms with Crippen molar-refractivity contribution in [1.29, 1.82) is 0 Å². The number of pyridine rings is 1. The first kappa shape index (κ1) is 30.2. The molecule has 0 radical (unpaired) electrons. The number of ether oxygens (including phenoxy) is 3. The lowest BCUT2D eigenvalue weighted by Crippen LogP contribution is -2.35.